The Morgan fingerprint density at radius 3 is 2.95 bits per heavy atom. The number of ether oxygens (including phenoxy) is 1. The molecule has 7 nitrogen and oxygen atoms in total. The highest BCUT2D eigenvalue weighted by molar-refractivity contribution is 6.27. The van der Waals surface area contributed by atoms with Crippen LogP contribution in [0.25, 0.3) is 0 Å². The highest BCUT2D eigenvalue weighted by Crippen LogP contribution is 2.42. The summed E-state index contributed by atoms with van der Waals surface area (Å²) >= 11 is 6.15. The molecule has 0 radical (unpaired) electrons. The summed E-state index contributed by atoms with van der Waals surface area (Å²) in [6.45, 7) is -0.481. The molecule has 1 aliphatic heterocycles. The Hall–Kier alpha value is -1.59. The molecule has 0 bridgehead atoms. The van der Waals surface area contributed by atoms with Gasteiger partial charge in [0.05, 0.1) is 6.61 Å². The van der Waals surface area contributed by atoms with Gasteiger partial charge in [0.15, 0.2) is 11.1 Å². The minimum Gasteiger partial charge on any atom is -0.394 e. The van der Waals surface area contributed by atoms with Crippen LogP contribution in [0.4, 0.5) is 5.82 Å². The fraction of sp³-hybridized carbons (Fsp3) is 0.455. The Bertz CT molecular complexity index is 584. The van der Waals surface area contributed by atoms with E-state index in [1.807, 2.05) is 0 Å². The van der Waals surface area contributed by atoms with Crippen LogP contribution in [-0.2, 0) is 4.74 Å². The summed E-state index contributed by atoms with van der Waals surface area (Å²) in [7, 11) is 0. The normalized spacial score (nSPS) is 34.1. The summed E-state index contributed by atoms with van der Waals surface area (Å²) in [6, 6.07) is 1.37. The maximum Gasteiger partial charge on any atom is 0.351 e. The molecule has 1 saturated heterocycles. The van der Waals surface area contributed by atoms with Crippen LogP contribution in [0, 0.1) is 12.3 Å². The first kappa shape index (κ1) is 13.8. The first-order chi connectivity index (χ1) is 8.93. The third-order valence-corrected chi connectivity index (χ3v) is 3.47. The molecular formula is C11H12ClN3O4. The van der Waals surface area contributed by atoms with Crippen molar-refractivity contribution in [1.29, 1.82) is 0 Å². The van der Waals surface area contributed by atoms with Gasteiger partial charge >= 0.3 is 5.69 Å². The van der Waals surface area contributed by atoms with Crippen molar-refractivity contribution in [3.05, 3.63) is 22.7 Å². The van der Waals surface area contributed by atoms with E-state index < -0.39 is 35.6 Å². The number of nitrogens with zero attached hydrogens (tertiary/aromatic N) is 2. The highest BCUT2D eigenvalue weighted by atomic mass is 35.5. The lowest BCUT2D eigenvalue weighted by Gasteiger charge is -2.25. The van der Waals surface area contributed by atoms with Crippen LogP contribution >= 0.6 is 11.6 Å². The lowest BCUT2D eigenvalue weighted by Crippen LogP contribution is -2.43. The second-order valence-electron chi connectivity index (χ2n) is 4.11. The van der Waals surface area contributed by atoms with E-state index in [0.29, 0.717) is 0 Å². The van der Waals surface area contributed by atoms with E-state index in [-0.39, 0.29) is 5.82 Å². The largest absolute Gasteiger partial charge is 0.394 e. The third kappa shape index (κ3) is 2.09. The summed E-state index contributed by atoms with van der Waals surface area (Å²) in [5.41, 5.74) is 4.67. The summed E-state index contributed by atoms with van der Waals surface area (Å²) in [6.07, 6.45) is 3.18. The van der Waals surface area contributed by atoms with E-state index >= 15 is 0 Å². The summed E-state index contributed by atoms with van der Waals surface area (Å²) in [4.78, 5) is 13.6. The van der Waals surface area contributed by atoms with Gasteiger partial charge in [-0.2, -0.15) is 4.98 Å². The van der Waals surface area contributed by atoms with Gasteiger partial charge in [0.25, 0.3) is 0 Å². The second kappa shape index (κ2) is 4.83. The highest BCUT2D eigenvalue weighted by Gasteiger charge is 2.55. The minimum absolute atomic E-state index is 0.0411. The van der Waals surface area contributed by atoms with Crippen molar-refractivity contribution in [1.82, 2.24) is 9.55 Å². The summed E-state index contributed by atoms with van der Waals surface area (Å²) in [5.74, 6) is 2.25. The first-order valence-electron chi connectivity index (χ1n) is 5.39. The monoisotopic (exact) mass is 285 g/mol. The van der Waals surface area contributed by atoms with Crippen molar-refractivity contribution in [2.45, 2.75) is 23.3 Å². The van der Waals surface area contributed by atoms with Crippen LogP contribution in [0.1, 0.15) is 6.23 Å². The molecule has 1 aromatic heterocycles. The zero-order valence-electron chi connectivity index (χ0n) is 9.73. The third-order valence-electron chi connectivity index (χ3n) is 2.95. The smallest absolute Gasteiger partial charge is 0.351 e. The number of halogens is 1. The van der Waals surface area contributed by atoms with Crippen LogP contribution in [0.5, 0.6) is 0 Å². The van der Waals surface area contributed by atoms with Gasteiger partial charge in [-0.25, -0.2) is 4.79 Å². The predicted molar refractivity (Wildman–Crippen MR) is 67.3 cm³/mol. The molecule has 1 fully saturated rings. The zero-order chi connectivity index (χ0) is 14.2. The number of terminal acetylenes is 1. The van der Waals surface area contributed by atoms with Crippen molar-refractivity contribution >= 4 is 17.4 Å². The fourth-order valence-corrected chi connectivity index (χ4v) is 2.22. The molecule has 0 aliphatic carbocycles. The van der Waals surface area contributed by atoms with E-state index in [4.69, 9.17) is 33.6 Å². The van der Waals surface area contributed by atoms with Gasteiger partial charge in [-0.3, -0.25) is 4.57 Å². The molecule has 4 atom stereocenters. The van der Waals surface area contributed by atoms with E-state index in [2.05, 4.69) is 10.9 Å². The van der Waals surface area contributed by atoms with Crippen LogP contribution in [0.3, 0.4) is 0 Å². The lowest BCUT2D eigenvalue weighted by molar-refractivity contribution is -0.0464. The molecule has 0 spiro atoms. The quantitative estimate of drug-likeness (QED) is 0.459. The fourth-order valence-electron chi connectivity index (χ4n) is 1.93. The van der Waals surface area contributed by atoms with Gasteiger partial charge in [0.1, 0.15) is 18.0 Å². The van der Waals surface area contributed by atoms with Gasteiger partial charge in [0, 0.05) is 6.20 Å². The molecule has 19 heavy (non-hydrogen) atoms. The van der Waals surface area contributed by atoms with Crippen LogP contribution in [0.2, 0.25) is 0 Å². The van der Waals surface area contributed by atoms with Crippen LogP contribution in [-0.4, -0.2) is 43.5 Å². The van der Waals surface area contributed by atoms with E-state index in [0.717, 1.165) is 4.57 Å². The average molecular weight is 286 g/mol. The molecule has 4 N–H and O–H groups in total. The van der Waals surface area contributed by atoms with Crippen LogP contribution < -0.4 is 11.4 Å². The number of nitrogens with two attached hydrogens (primary N) is 1. The Labute approximate surface area is 113 Å². The lowest BCUT2D eigenvalue weighted by atomic mass is 9.99. The van der Waals surface area contributed by atoms with E-state index in [1.165, 1.54) is 12.3 Å². The van der Waals surface area contributed by atoms with Crippen molar-refractivity contribution in [3.8, 4) is 12.3 Å². The first-order valence-corrected chi connectivity index (χ1v) is 5.77. The maximum absolute atomic E-state index is 11.8. The molecule has 1 aliphatic rings. The number of alkyl halides is 1. The Morgan fingerprint density at radius 1 is 1.74 bits per heavy atom. The number of rotatable bonds is 2. The molecule has 0 amide bonds. The molecule has 0 aromatic carbocycles. The Kier molecular flexibility index (Phi) is 3.52. The number of aromatic nitrogens is 2. The van der Waals surface area contributed by atoms with Gasteiger partial charge in [-0.15, -0.1) is 6.42 Å². The summed E-state index contributed by atoms with van der Waals surface area (Å²) < 4.78 is 6.37. The standard InChI is InChI=1S/C11H12ClN3O4/c1-2-11(12)8(17)6(5-16)19-9(11)15-4-3-7(13)14-10(15)18/h1,3-4,6,8-9,16-17H,5H2,(H2,13,14,18)/t6?,8-,9?,11?/m0/s1. The maximum atomic E-state index is 11.8. The van der Waals surface area contributed by atoms with Crippen molar-refractivity contribution in [2.75, 3.05) is 12.3 Å². The molecular weight excluding hydrogens is 274 g/mol. The molecule has 0 saturated carbocycles. The summed E-state index contributed by atoms with van der Waals surface area (Å²) in [5, 5.41) is 19.1. The predicted octanol–water partition coefficient (Wildman–Crippen LogP) is -1.31. The molecule has 102 valence electrons. The Balaban J connectivity index is 2.49. The topological polar surface area (TPSA) is 111 Å². The Morgan fingerprint density at radius 2 is 2.42 bits per heavy atom. The van der Waals surface area contributed by atoms with Crippen LogP contribution in [0.15, 0.2) is 17.1 Å². The van der Waals surface area contributed by atoms with Crippen molar-refractivity contribution < 1.29 is 14.9 Å². The van der Waals surface area contributed by atoms with Gasteiger partial charge in [-0.1, -0.05) is 17.5 Å². The van der Waals surface area contributed by atoms with E-state index in [9.17, 15) is 9.90 Å². The van der Waals surface area contributed by atoms with Gasteiger partial charge in [0.2, 0.25) is 0 Å². The SMILES string of the molecule is C#CC1(Cl)C(n2ccc(N)nc2=O)OC(CO)[C@@H]1O. The van der Waals surface area contributed by atoms with E-state index in [1.54, 1.807) is 0 Å². The number of hydrogen-bond donors (Lipinski definition) is 3. The molecule has 3 unspecified atom stereocenters. The molecule has 2 heterocycles. The number of nitrogen functional groups attached to an aromatic ring is 1. The minimum atomic E-state index is -1.67. The van der Waals surface area contributed by atoms with Gasteiger partial charge < -0.3 is 20.7 Å². The number of aliphatic hydroxyl groups is 2. The van der Waals surface area contributed by atoms with Crippen molar-refractivity contribution in [3.63, 3.8) is 0 Å². The second-order valence-corrected chi connectivity index (χ2v) is 4.73. The zero-order valence-corrected chi connectivity index (χ0v) is 10.5. The van der Waals surface area contributed by atoms with Gasteiger partial charge in [-0.05, 0) is 6.07 Å². The number of aliphatic hydroxyl groups excluding tert-OH is 2. The molecule has 8 heteroatoms. The van der Waals surface area contributed by atoms with Crippen molar-refractivity contribution in [2.24, 2.45) is 0 Å². The number of hydrogen-bond acceptors (Lipinski definition) is 6. The number of anilines is 1. The average Bonchev–Trinajstić information content (AvgIpc) is 2.63. The molecule has 2 rings (SSSR count). The molecule has 1 aromatic rings.